The molecule has 1 aliphatic rings. The van der Waals surface area contributed by atoms with Gasteiger partial charge in [-0.25, -0.2) is 0 Å². The molecule has 0 fully saturated rings. The predicted octanol–water partition coefficient (Wildman–Crippen LogP) is 2.69. The zero-order chi connectivity index (χ0) is 8.77. The summed E-state index contributed by atoms with van der Waals surface area (Å²) < 4.78 is 0. The second kappa shape index (κ2) is 2.57. The minimum atomic E-state index is 0.321. The van der Waals surface area contributed by atoms with Crippen LogP contribution in [0, 0.1) is 0 Å². The number of rotatable bonds is 0. The Bertz CT molecular complexity index is 288. The second-order valence-corrected chi connectivity index (χ2v) is 5.13. The molecule has 1 aliphatic heterocycles. The van der Waals surface area contributed by atoms with E-state index in [1.54, 1.807) is 5.56 Å². The summed E-state index contributed by atoms with van der Waals surface area (Å²) in [5.74, 6) is 0. The van der Waals surface area contributed by atoms with Crippen molar-refractivity contribution in [3.8, 4) is 0 Å². The van der Waals surface area contributed by atoms with Crippen LogP contribution in [-0.2, 0) is 5.41 Å². The molecule has 1 aromatic rings. The lowest BCUT2D eigenvalue weighted by Gasteiger charge is -2.34. The van der Waals surface area contributed by atoms with Crippen molar-refractivity contribution >= 4 is 11.3 Å². The van der Waals surface area contributed by atoms with Crippen molar-refractivity contribution in [1.29, 1.82) is 0 Å². The van der Waals surface area contributed by atoms with Crippen LogP contribution in [0.4, 0.5) is 0 Å². The molecule has 2 heteroatoms. The van der Waals surface area contributed by atoms with Crippen molar-refractivity contribution in [1.82, 2.24) is 5.32 Å². The lowest BCUT2D eigenvalue weighted by Crippen LogP contribution is -2.39. The Morgan fingerprint density at radius 2 is 2.33 bits per heavy atom. The third kappa shape index (κ3) is 1.10. The summed E-state index contributed by atoms with van der Waals surface area (Å²) in [6.07, 6.45) is 0. The zero-order valence-corrected chi connectivity index (χ0v) is 8.66. The minimum Gasteiger partial charge on any atom is -0.309 e. The Kier molecular flexibility index (Phi) is 1.77. The molecule has 0 saturated carbocycles. The summed E-state index contributed by atoms with van der Waals surface area (Å²) in [6.45, 7) is 7.94. The van der Waals surface area contributed by atoms with E-state index in [1.807, 2.05) is 11.3 Å². The van der Waals surface area contributed by atoms with Crippen LogP contribution >= 0.6 is 11.3 Å². The van der Waals surface area contributed by atoms with Crippen molar-refractivity contribution in [2.75, 3.05) is 6.54 Å². The van der Waals surface area contributed by atoms with Gasteiger partial charge in [-0.05, 0) is 23.9 Å². The van der Waals surface area contributed by atoms with Gasteiger partial charge >= 0.3 is 0 Å². The van der Waals surface area contributed by atoms with Crippen LogP contribution in [0.3, 0.4) is 0 Å². The van der Waals surface area contributed by atoms with Gasteiger partial charge in [0.25, 0.3) is 0 Å². The average molecular weight is 181 g/mol. The summed E-state index contributed by atoms with van der Waals surface area (Å²) in [7, 11) is 0. The molecule has 0 bridgehead atoms. The van der Waals surface area contributed by atoms with Crippen LogP contribution in [0.1, 0.15) is 37.3 Å². The quantitative estimate of drug-likeness (QED) is 0.649. The Morgan fingerprint density at radius 1 is 1.58 bits per heavy atom. The van der Waals surface area contributed by atoms with Gasteiger partial charge in [0.1, 0.15) is 0 Å². The van der Waals surface area contributed by atoms with E-state index in [9.17, 15) is 0 Å². The summed E-state index contributed by atoms with van der Waals surface area (Å²) in [5.41, 5.74) is 1.86. The zero-order valence-electron chi connectivity index (χ0n) is 7.85. The normalized spacial score (nSPS) is 26.8. The molecule has 12 heavy (non-hydrogen) atoms. The Balaban J connectivity index is 2.50. The first kappa shape index (κ1) is 8.27. The molecule has 2 heterocycles. The molecule has 1 atom stereocenters. The molecule has 0 aromatic carbocycles. The molecule has 0 saturated heterocycles. The SMILES string of the molecule is C[C@H]1NCC(C)(C)c2ccsc21. The Hall–Kier alpha value is -0.340. The molecule has 0 amide bonds. The first-order chi connectivity index (χ1) is 5.61. The van der Waals surface area contributed by atoms with Crippen LogP contribution in [0.5, 0.6) is 0 Å². The lowest BCUT2D eigenvalue weighted by molar-refractivity contribution is 0.401. The Labute approximate surface area is 77.8 Å². The van der Waals surface area contributed by atoms with Crippen LogP contribution in [0.15, 0.2) is 11.4 Å². The molecule has 0 aliphatic carbocycles. The molecular weight excluding hydrogens is 166 g/mol. The van der Waals surface area contributed by atoms with E-state index in [2.05, 4.69) is 37.5 Å². The van der Waals surface area contributed by atoms with Crippen LogP contribution < -0.4 is 5.32 Å². The molecule has 0 spiro atoms. The van der Waals surface area contributed by atoms with Crippen molar-refractivity contribution in [3.05, 3.63) is 21.9 Å². The predicted molar refractivity (Wildman–Crippen MR) is 53.8 cm³/mol. The molecule has 2 rings (SSSR count). The van der Waals surface area contributed by atoms with Gasteiger partial charge in [0.15, 0.2) is 0 Å². The molecular formula is C10H15NS. The summed E-state index contributed by atoms with van der Waals surface area (Å²) >= 11 is 1.87. The minimum absolute atomic E-state index is 0.321. The van der Waals surface area contributed by atoms with Gasteiger partial charge in [0.05, 0.1) is 0 Å². The maximum atomic E-state index is 3.52. The molecule has 1 nitrogen and oxygen atoms in total. The monoisotopic (exact) mass is 181 g/mol. The van der Waals surface area contributed by atoms with Crippen LogP contribution in [-0.4, -0.2) is 6.54 Å². The van der Waals surface area contributed by atoms with Gasteiger partial charge in [-0.15, -0.1) is 11.3 Å². The molecule has 66 valence electrons. The maximum absolute atomic E-state index is 3.52. The lowest BCUT2D eigenvalue weighted by atomic mass is 9.81. The third-order valence-corrected chi connectivity index (χ3v) is 3.77. The van der Waals surface area contributed by atoms with E-state index >= 15 is 0 Å². The second-order valence-electron chi connectivity index (χ2n) is 4.18. The van der Waals surface area contributed by atoms with Crippen LogP contribution in [0.25, 0.3) is 0 Å². The molecule has 1 aromatic heterocycles. The highest BCUT2D eigenvalue weighted by molar-refractivity contribution is 7.10. The number of fused-ring (bicyclic) bond motifs is 1. The van der Waals surface area contributed by atoms with Gasteiger partial charge in [-0.2, -0.15) is 0 Å². The van der Waals surface area contributed by atoms with Gasteiger partial charge in [-0.3, -0.25) is 0 Å². The first-order valence-electron chi connectivity index (χ1n) is 4.42. The van der Waals surface area contributed by atoms with E-state index in [0.29, 0.717) is 11.5 Å². The van der Waals surface area contributed by atoms with E-state index in [4.69, 9.17) is 0 Å². The maximum Gasteiger partial charge on any atom is 0.0389 e. The fourth-order valence-corrected chi connectivity index (χ4v) is 2.92. The number of nitrogens with one attached hydrogen (secondary N) is 1. The third-order valence-electron chi connectivity index (χ3n) is 2.67. The van der Waals surface area contributed by atoms with Crippen molar-refractivity contribution in [2.45, 2.75) is 32.2 Å². The molecule has 0 radical (unpaired) electrons. The number of hydrogen-bond acceptors (Lipinski definition) is 2. The van der Waals surface area contributed by atoms with Gasteiger partial charge in [0.2, 0.25) is 0 Å². The van der Waals surface area contributed by atoms with Gasteiger partial charge in [-0.1, -0.05) is 13.8 Å². The highest BCUT2D eigenvalue weighted by Gasteiger charge is 2.30. The standard InChI is InChI=1S/C10H15NS/c1-7-9-8(4-5-12-9)10(2,3)6-11-7/h4-5,7,11H,6H2,1-3H3/t7-/m1/s1. The summed E-state index contributed by atoms with van der Waals surface area (Å²) in [5, 5.41) is 5.73. The average Bonchev–Trinajstić information content (AvgIpc) is 2.46. The number of hydrogen-bond donors (Lipinski definition) is 1. The fourth-order valence-electron chi connectivity index (χ4n) is 1.81. The van der Waals surface area contributed by atoms with Crippen molar-refractivity contribution < 1.29 is 0 Å². The topological polar surface area (TPSA) is 12.0 Å². The number of thiophene rings is 1. The van der Waals surface area contributed by atoms with E-state index in [1.165, 1.54) is 4.88 Å². The van der Waals surface area contributed by atoms with Crippen molar-refractivity contribution in [2.24, 2.45) is 0 Å². The highest BCUT2D eigenvalue weighted by atomic mass is 32.1. The molecule has 1 N–H and O–H groups in total. The van der Waals surface area contributed by atoms with Crippen LogP contribution in [0.2, 0.25) is 0 Å². The van der Waals surface area contributed by atoms with E-state index in [0.717, 1.165) is 6.54 Å². The van der Waals surface area contributed by atoms with Crippen molar-refractivity contribution in [3.63, 3.8) is 0 Å². The van der Waals surface area contributed by atoms with Gasteiger partial charge < -0.3 is 5.32 Å². The Morgan fingerprint density at radius 3 is 3.00 bits per heavy atom. The highest BCUT2D eigenvalue weighted by Crippen LogP contribution is 2.37. The van der Waals surface area contributed by atoms with E-state index < -0.39 is 0 Å². The largest absolute Gasteiger partial charge is 0.309 e. The first-order valence-corrected chi connectivity index (χ1v) is 5.30. The summed E-state index contributed by atoms with van der Waals surface area (Å²) in [6, 6.07) is 2.82. The summed E-state index contributed by atoms with van der Waals surface area (Å²) in [4.78, 5) is 1.52. The smallest absolute Gasteiger partial charge is 0.0389 e. The fraction of sp³-hybridized carbons (Fsp3) is 0.600. The van der Waals surface area contributed by atoms with E-state index in [-0.39, 0.29) is 0 Å². The molecule has 0 unspecified atom stereocenters. The van der Waals surface area contributed by atoms with Gasteiger partial charge in [0, 0.05) is 22.9 Å².